The summed E-state index contributed by atoms with van der Waals surface area (Å²) in [6.07, 6.45) is 0. The largest absolute Gasteiger partial charge is 0.357 e. The molecule has 0 rings (SSSR count). The number of thiol groups is 1. The predicted molar refractivity (Wildman–Crippen MR) is 53.4 cm³/mol. The zero-order valence-electron chi connectivity index (χ0n) is 6.44. The van der Waals surface area contributed by atoms with Crippen LogP contribution < -0.4 is 0 Å². The zero-order chi connectivity index (χ0) is 8.85. The highest BCUT2D eigenvalue weighted by Gasteiger charge is 2.05. The molecule has 0 heterocycles. The average Bonchev–Trinajstić information content (AvgIpc) is 1.88. The Morgan fingerprint density at radius 3 is 2.18 bits per heavy atom. The van der Waals surface area contributed by atoms with Gasteiger partial charge in [0.15, 0.2) is 14.1 Å². The van der Waals surface area contributed by atoms with Crippen molar-refractivity contribution < 1.29 is 8.42 Å². The molecular weight excluding hydrogens is 202 g/mol. The Kier molecular flexibility index (Phi) is 5.89. The lowest BCUT2D eigenvalue weighted by Crippen LogP contribution is -2.26. The molecule has 66 valence electrons. The standard InChI is InChI=1S/C5H11NO2S3/c1-3-6(4-2)5(9)10-11(7)8/h11H,3-4H2,1-2H3. The fourth-order valence-electron chi connectivity index (χ4n) is 0.603. The van der Waals surface area contributed by atoms with Gasteiger partial charge in [0.1, 0.15) is 0 Å². The minimum atomic E-state index is -2.45. The van der Waals surface area contributed by atoms with E-state index >= 15 is 0 Å². The summed E-state index contributed by atoms with van der Waals surface area (Å²) in [5.74, 6) is 0. The van der Waals surface area contributed by atoms with Crippen LogP contribution in [-0.4, -0.2) is 30.7 Å². The number of hydrogen-bond acceptors (Lipinski definition) is 4. The summed E-state index contributed by atoms with van der Waals surface area (Å²) in [6, 6.07) is 0. The van der Waals surface area contributed by atoms with E-state index in [0.29, 0.717) is 4.32 Å². The van der Waals surface area contributed by atoms with Crippen molar-refractivity contribution in [3.8, 4) is 0 Å². The lowest BCUT2D eigenvalue weighted by atomic mass is 10.6. The molecule has 0 bridgehead atoms. The van der Waals surface area contributed by atoms with Crippen molar-refractivity contribution in [3.05, 3.63) is 0 Å². The van der Waals surface area contributed by atoms with Gasteiger partial charge in [-0.3, -0.25) is 0 Å². The van der Waals surface area contributed by atoms with Crippen LogP contribution >= 0.6 is 23.0 Å². The van der Waals surface area contributed by atoms with Crippen LogP contribution in [0.5, 0.6) is 0 Å². The van der Waals surface area contributed by atoms with Crippen molar-refractivity contribution in [2.75, 3.05) is 13.1 Å². The van der Waals surface area contributed by atoms with Gasteiger partial charge < -0.3 is 4.90 Å². The second kappa shape index (κ2) is 5.79. The van der Waals surface area contributed by atoms with Crippen LogP contribution in [0.25, 0.3) is 0 Å². The first-order valence-electron chi connectivity index (χ1n) is 3.23. The van der Waals surface area contributed by atoms with Crippen molar-refractivity contribution in [2.45, 2.75) is 13.8 Å². The zero-order valence-corrected chi connectivity index (χ0v) is 8.97. The van der Waals surface area contributed by atoms with Crippen LogP contribution in [0.1, 0.15) is 13.8 Å². The molecule has 0 N–H and O–H groups in total. The van der Waals surface area contributed by atoms with E-state index in [4.69, 9.17) is 12.2 Å². The van der Waals surface area contributed by atoms with E-state index in [-0.39, 0.29) is 0 Å². The quantitative estimate of drug-likeness (QED) is 0.428. The highest BCUT2D eigenvalue weighted by molar-refractivity contribution is 8.72. The third-order valence-corrected chi connectivity index (χ3v) is 3.58. The third-order valence-electron chi connectivity index (χ3n) is 1.17. The van der Waals surface area contributed by atoms with Crippen LogP contribution in [0, 0.1) is 0 Å². The normalized spacial score (nSPS) is 10.1. The summed E-state index contributed by atoms with van der Waals surface area (Å²) in [6.45, 7) is 5.39. The molecule has 0 aromatic rings. The summed E-state index contributed by atoms with van der Waals surface area (Å²) in [7, 11) is -1.73. The van der Waals surface area contributed by atoms with Gasteiger partial charge in [0, 0.05) is 23.9 Å². The first kappa shape index (κ1) is 11.2. The van der Waals surface area contributed by atoms with Gasteiger partial charge >= 0.3 is 0 Å². The smallest absolute Gasteiger partial charge is 0.198 e. The van der Waals surface area contributed by atoms with E-state index in [1.54, 1.807) is 0 Å². The fourth-order valence-corrected chi connectivity index (χ4v) is 2.64. The van der Waals surface area contributed by atoms with Crippen molar-refractivity contribution >= 4 is 37.1 Å². The van der Waals surface area contributed by atoms with Gasteiger partial charge in [-0.15, -0.1) is 0 Å². The minimum absolute atomic E-state index is 0.436. The lowest BCUT2D eigenvalue weighted by molar-refractivity contribution is 0.482. The average molecular weight is 213 g/mol. The first-order valence-corrected chi connectivity index (χ1v) is 6.23. The van der Waals surface area contributed by atoms with Crippen LogP contribution in [0.15, 0.2) is 0 Å². The highest BCUT2D eigenvalue weighted by Crippen LogP contribution is 2.08. The van der Waals surface area contributed by atoms with E-state index in [1.165, 1.54) is 0 Å². The van der Waals surface area contributed by atoms with Crippen molar-refractivity contribution in [3.63, 3.8) is 0 Å². The maximum absolute atomic E-state index is 10.2. The topological polar surface area (TPSA) is 37.4 Å². The van der Waals surface area contributed by atoms with Crippen LogP contribution in [-0.2, 0) is 9.74 Å². The van der Waals surface area contributed by atoms with Crippen LogP contribution in [0.4, 0.5) is 0 Å². The van der Waals surface area contributed by atoms with E-state index in [2.05, 4.69) is 0 Å². The Morgan fingerprint density at radius 2 is 1.91 bits per heavy atom. The molecule has 0 aromatic carbocycles. The van der Waals surface area contributed by atoms with Crippen LogP contribution in [0.2, 0.25) is 0 Å². The number of nitrogens with zero attached hydrogens (tertiary/aromatic N) is 1. The van der Waals surface area contributed by atoms with Gasteiger partial charge in [-0.1, -0.05) is 12.2 Å². The van der Waals surface area contributed by atoms with Gasteiger partial charge in [-0.05, 0) is 13.8 Å². The fraction of sp³-hybridized carbons (Fsp3) is 0.800. The molecule has 0 aliphatic rings. The Morgan fingerprint density at radius 1 is 1.45 bits per heavy atom. The molecule has 0 saturated heterocycles. The lowest BCUT2D eigenvalue weighted by Gasteiger charge is -2.18. The minimum Gasteiger partial charge on any atom is -0.357 e. The van der Waals surface area contributed by atoms with Gasteiger partial charge in [-0.25, -0.2) is 8.42 Å². The molecular formula is C5H11NO2S3. The van der Waals surface area contributed by atoms with Crippen molar-refractivity contribution in [1.82, 2.24) is 4.90 Å². The summed E-state index contributed by atoms with van der Waals surface area (Å²) in [5, 5.41) is 0. The summed E-state index contributed by atoms with van der Waals surface area (Å²) in [4.78, 5) is 1.82. The molecule has 0 amide bonds. The van der Waals surface area contributed by atoms with Gasteiger partial charge in [0.25, 0.3) is 0 Å². The SMILES string of the molecule is CCN(CC)C(=S)S[SH](=O)=O. The third kappa shape index (κ3) is 4.60. The Bertz CT molecular complexity index is 190. The predicted octanol–water partition coefficient (Wildman–Crippen LogP) is 0.873. The van der Waals surface area contributed by atoms with E-state index in [9.17, 15) is 8.42 Å². The number of hydrogen-bond donors (Lipinski definition) is 1. The van der Waals surface area contributed by atoms with E-state index < -0.39 is 9.74 Å². The second-order valence-electron chi connectivity index (χ2n) is 1.75. The molecule has 0 atom stereocenters. The number of thiocarbonyl (C=S) groups is 1. The molecule has 0 unspecified atom stereocenters. The number of rotatable bonds is 3. The highest BCUT2D eigenvalue weighted by atomic mass is 33.1. The van der Waals surface area contributed by atoms with E-state index in [1.807, 2.05) is 18.7 Å². The molecule has 0 spiro atoms. The summed E-state index contributed by atoms with van der Waals surface area (Å²) >= 11 is 4.86. The molecule has 0 aliphatic heterocycles. The molecule has 0 saturated carbocycles. The van der Waals surface area contributed by atoms with Gasteiger partial charge in [0.2, 0.25) is 0 Å². The van der Waals surface area contributed by atoms with E-state index in [0.717, 1.165) is 23.9 Å². The Hall–Kier alpha value is 0.190. The van der Waals surface area contributed by atoms with Crippen molar-refractivity contribution in [1.29, 1.82) is 0 Å². The molecule has 0 aromatic heterocycles. The summed E-state index contributed by atoms with van der Waals surface area (Å²) < 4.78 is 20.9. The molecule has 0 radical (unpaired) electrons. The maximum Gasteiger partial charge on any atom is 0.198 e. The first-order chi connectivity index (χ1) is 5.11. The molecule has 11 heavy (non-hydrogen) atoms. The summed E-state index contributed by atoms with van der Waals surface area (Å²) in [5.41, 5.74) is 0. The van der Waals surface area contributed by atoms with Gasteiger partial charge in [0.05, 0.1) is 0 Å². The Labute approximate surface area is 77.5 Å². The van der Waals surface area contributed by atoms with Crippen LogP contribution in [0.3, 0.4) is 0 Å². The monoisotopic (exact) mass is 213 g/mol. The second-order valence-corrected chi connectivity index (χ2v) is 4.86. The molecule has 0 aliphatic carbocycles. The van der Waals surface area contributed by atoms with Gasteiger partial charge in [-0.2, -0.15) is 0 Å². The molecule has 0 fully saturated rings. The molecule has 6 heteroatoms. The molecule has 3 nitrogen and oxygen atoms in total. The van der Waals surface area contributed by atoms with Crippen molar-refractivity contribution in [2.24, 2.45) is 0 Å². The Balaban J connectivity index is 3.99. The maximum atomic E-state index is 10.2.